The summed E-state index contributed by atoms with van der Waals surface area (Å²) < 4.78 is 0. The van der Waals surface area contributed by atoms with Crippen LogP contribution in [-0.4, -0.2) is 71.4 Å². The lowest BCUT2D eigenvalue weighted by Gasteiger charge is -2.27. The lowest BCUT2D eigenvalue weighted by molar-refractivity contribution is 0.288. The van der Waals surface area contributed by atoms with Gasteiger partial charge in [-0.05, 0) is 61.1 Å². The van der Waals surface area contributed by atoms with Crippen LogP contribution in [0.15, 0.2) is 59.6 Å². The highest BCUT2D eigenvalue weighted by atomic mass is 32.1. The topological polar surface area (TPSA) is 72.0 Å². The fourth-order valence-electron chi connectivity index (χ4n) is 7.70. The Hall–Kier alpha value is -2.32. The summed E-state index contributed by atoms with van der Waals surface area (Å²) >= 11 is 0. The highest BCUT2D eigenvalue weighted by Gasteiger charge is 2.33. The summed E-state index contributed by atoms with van der Waals surface area (Å²) in [7, 11) is 0. The van der Waals surface area contributed by atoms with Gasteiger partial charge in [0.25, 0.3) is 0 Å². The minimum absolute atomic E-state index is 0. The van der Waals surface area contributed by atoms with Gasteiger partial charge in [-0.2, -0.15) is 27.0 Å². The van der Waals surface area contributed by atoms with Gasteiger partial charge in [-0.15, -0.1) is 0 Å². The summed E-state index contributed by atoms with van der Waals surface area (Å²) in [6.07, 6.45) is 19.2. The smallest absolute Gasteiger partial charge is 0.194 e. The Balaban J connectivity index is 0.00000288. The summed E-state index contributed by atoms with van der Waals surface area (Å²) in [4.78, 5) is 11.8. The van der Waals surface area contributed by atoms with E-state index in [0.717, 1.165) is 69.8 Å². The molecule has 1 saturated carbocycles. The highest BCUT2D eigenvalue weighted by molar-refractivity contribution is 7.59. The van der Waals surface area contributed by atoms with E-state index in [0.29, 0.717) is 12.1 Å². The zero-order valence-electron chi connectivity index (χ0n) is 28.4. The standard InChI is InChI=1S/C38H58N6.2H2S/c1-2-3-19-36-30-42(38(40)44(36)28-25-32-21-23-34(24-22-32)33-17-8-5-9-18-33)26-12-11-20-35-29-41-37(39)43(35)27-13-10-16-31-14-6-4-7-15-31;;/h5,8-9,17-18,21-24,31,35-36,40H,2-4,6-7,10-16,19-20,25-30H2,1H3,(H2,39,41);2*1H2/t35-,36-;;/m0../s1. The van der Waals surface area contributed by atoms with E-state index in [9.17, 15) is 0 Å². The molecule has 46 heavy (non-hydrogen) atoms. The van der Waals surface area contributed by atoms with Gasteiger partial charge in [-0.1, -0.05) is 119 Å². The zero-order valence-corrected chi connectivity index (χ0v) is 30.4. The molecule has 0 bridgehead atoms. The van der Waals surface area contributed by atoms with Gasteiger partial charge in [-0.25, -0.2) is 0 Å². The molecule has 2 fully saturated rings. The summed E-state index contributed by atoms with van der Waals surface area (Å²) in [5, 5.41) is 9.08. The zero-order chi connectivity index (χ0) is 30.6. The normalized spacial score (nSPS) is 20.1. The molecule has 2 aromatic rings. The fourth-order valence-corrected chi connectivity index (χ4v) is 7.70. The Kier molecular flexibility index (Phi) is 16.7. The second kappa shape index (κ2) is 20.1. The Labute approximate surface area is 294 Å². The van der Waals surface area contributed by atoms with Crippen LogP contribution in [0.25, 0.3) is 11.1 Å². The van der Waals surface area contributed by atoms with Crippen molar-refractivity contribution < 1.29 is 0 Å². The van der Waals surface area contributed by atoms with Gasteiger partial charge < -0.3 is 20.4 Å². The van der Waals surface area contributed by atoms with Crippen LogP contribution < -0.4 is 5.73 Å². The van der Waals surface area contributed by atoms with E-state index in [-0.39, 0.29) is 27.0 Å². The van der Waals surface area contributed by atoms with Crippen LogP contribution in [0.4, 0.5) is 0 Å². The lowest BCUT2D eigenvalue weighted by atomic mass is 9.86. The largest absolute Gasteiger partial charge is 0.370 e. The number of rotatable bonds is 17. The Morgan fingerprint density at radius 2 is 1.41 bits per heavy atom. The molecule has 3 aliphatic rings. The number of aliphatic imine (C=N–C) groups is 1. The van der Waals surface area contributed by atoms with Gasteiger partial charge in [-0.3, -0.25) is 10.4 Å². The molecule has 256 valence electrons. The maximum Gasteiger partial charge on any atom is 0.194 e. The van der Waals surface area contributed by atoms with Crippen LogP contribution >= 0.6 is 27.0 Å². The van der Waals surface area contributed by atoms with Crippen molar-refractivity contribution in [2.75, 3.05) is 32.7 Å². The van der Waals surface area contributed by atoms with Crippen LogP contribution in [-0.2, 0) is 6.42 Å². The van der Waals surface area contributed by atoms with Crippen molar-refractivity contribution in [3.05, 3.63) is 60.2 Å². The predicted molar refractivity (Wildman–Crippen MR) is 207 cm³/mol. The fraction of sp³-hybridized carbons (Fsp3) is 0.632. The molecular formula is C38H62N6S2. The van der Waals surface area contributed by atoms with E-state index < -0.39 is 0 Å². The van der Waals surface area contributed by atoms with Crippen molar-refractivity contribution in [1.29, 1.82) is 5.41 Å². The Bertz CT molecular complexity index is 1170. The molecule has 2 heterocycles. The third kappa shape index (κ3) is 10.9. The van der Waals surface area contributed by atoms with E-state index >= 15 is 0 Å². The van der Waals surface area contributed by atoms with Crippen LogP contribution in [0.3, 0.4) is 0 Å². The molecule has 0 aromatic heterocycles. The summed E-state index contributed by atoms with van der Waals surface area (Å²) in [5.74, 6) is 2.47. The molecule has 1 saturated heterocycles. The van der Waals surface area contributed by atoms with Crippen molar-refractivity contribution in [3.63, 3.8) is 0 Å². The molecule has 8 heteroatoms. The summed E-state index contributed by atoms with van der Waals surface area (Å²) in [5.41, 5.74) is 10.2. The first-order chi connectivity index (χ1) is 21.6. The SMILES string of the molecule is CCCC[C@H]1CN(CCCC[C@H]2CN=C(N)N2CCCCC2CCCCC2)C(=N)N1CCc1ccc(-c2ccccc2)cc1.S.S. The molecule has 2 aliphatic heterocycles. The van der Waals surface area contributed by atoms with Crippen molar-refractivity contribution >= 4 is 38.9 Å². The van der Waals surface area contributed by atoms with E-state index in [1.54, 1.807) is 0 Å². The summed E-state index contributed by atoms with van der Waals surface area (Å²) in [6, 6.07) is 20.5. The van der Waals surface area contributed by atoms with E-state index in [2.05, 4.69) is 81.2 Å². The minimum atomic E-state index is 0. The second-order valence-electron chi connectivity index (χ2n) is 13.6. The number of nitrogens with zero attached hydrogens (tertiary/aromatic N) is 4. The molecule has 6 nitrogen and oxygen atoms in total. The molecule has 3 N–H and O–H groups in total. The number of nitrogens with one attached hydrogen (secondary N) is 1. The van der Waals surface area contributed by atoms with E-state index in [4.69, 9.17) is 11.1 Å². The van der Waals surface area contributed by atoms with Crippen LogP contribution in [0.1, 0.15) is 102 Å². The Morgan fingerprint density at radius 1 is 0.739 bits per heavy atom. The second-order valence-corrected chi connectivity index (χ2v) is 13.6. The third-order valence-electron chi connectivity index (χ3n) is 10.4. The van der Waals surface area contributed by atoms with Crippen molar-refractivity contribution in [2.24, 2.45) is 16.6 Å². The molecule has 1 aliphatic carbocycles. The van der Waals surface area contributed by atoms with Crippen molar-refractivity contribution in [1.82, 2.24) is 14.7 Å². The number of benzene rings is 2. The molecule has 0 spiro atoms. The molecular weight excluding hydrogens is 605 g/mol. The van der Waals surface area contributed by atoms with Gasteiger partial charge in [0.1, 0.15) is 0 Å². The maximum atomic E-state index is 9.08. The molecule has 2 atom stereocenters. The van der Waals surface area contributed by atoms with Crippen LogP contribution in [0, 0.1) is 11.3 Å². The van der Waals surface area contributed by atoms with Gasteiger partial charge >= 0.3 is 0 Å². The number of unbranched alkanes of at least 4 members (excludes halogenated alkanes) is 3. The van der Waals surface area contributed by atoms with E-state index in [1.165, 1.54) is 93.7 Å². The number of nitrogens with two attached hydrogens (primary N) is 1. The molecule has 2 aromatic carbocycles. The number of hydrogen-bond donors (Lipinski definition) is 2. The molecule has 0 amide bonds. The average Bonchev–Trinajstić information content (AvgIpc) is 3.57. The van der Waals surface area contributed by atoms with Gasteiger partial charge in [0.15, 0.2) is 11.9 Å². The quantitative estimate of drug-likeness (QED) is 0.167. The molecule has 5 rings (SSSR count). The van der Waals surface area contributed by atoms with Crippen LogP contribution in [0.5, 0.6) is 0 Å². The van der Waals surface area contributed by atoms with Crippen molar-refractivity contribution in [3.8, 4) is 11.1 Å². The van der Waals surface area contributed by atoms with Crippen molar-refractivity contribution in [2.45, 2.75) is 115 Å². The number of hydrogen-bond acceptors (Lipinski definition) is 4. The molecule has 0 unspecified atom stereocenters. The predicted octanol–water partition coefficient (Wildman–Crippen LogP) is 8.15. The average molecular weight is 667 g/mol. The summed E-state index contributed by atoms with van der Waals surface area (Å²) in [6.45, 7) is 7.09. The monoisotopic (exact) mass is 666 g/mol. The highest BCUT2D eigenvalue weighted by Crippen LogP contribution is 2.28. The minimum Gasteiger partial charge on any atom is -0.370 e. The van der Waals surface area contributed by atoms with Gasteiger partial charge in [0.2, 0.25) is 0 Å². The lowest BCUT2D eigenvalue weighted by Crippen LogP contribution is -2.41. The van der Waals surface area contributed by atoms with Gasteiger partial charge in [0, 0.05) is 32.2 Å². The third-order valence-corrected chi connectivity index (χ3v) is 10.4. The molecule has 0 radical (unpaired) electrons. The van der Waals surface area contributed by atoms with Gasteiger partial charge in [0.05, 0.1) is 12.6 Å². The Morgan fingerprint density at radius 3 is 2.15 bits per heavy atom. The number of guanidine groups is 2. The first-order valence-corrected chi connectivity index (χ1v) is 17.9. The first-order valence-electron chi connectivity index (χ1n) is 17.9. The van der Waals surface area contributed by atoms with E-state index in [1.807, 2.05) is 0 Å². The maximum absolute atomic E-state index is 9.08. The van der Waals surface area contributed by atoms with Crippen LogP contribution in [0.2, 0.25) is 0 Å². The first kappa shape index (κ1) is 38.1.